The van der Waals surface area contributed by atoms with E-state index in [0.717, 1.165) is 28.2 Å². The van der Waals surface area contributed by atoms with Crippen LogP contribution in [0.3, 0.4) is 0 Å². The Hall–Kier alpha value is -2.52. The fourth-order valence-corrected chi connectivity index (χ4v) is 2.53. The summed E-state index contributed by atoms with van der Waals surface area (Å²) in [7, 11) is 0. The molecule has 22 heavy (non-hydrogen) atoms. The molecule has 5 nitrogen and oxygen atoms in total. The third-order valence-electron chi connectivity index (χ3n) is 2.93. The first-order valence-electron chi connectivity index (χ1n) is 6.71. The lowest BCUT2D eigenvalue weighted by Crippen LogP contribution is -2.09. The van der Waals surface area contributed by atoms with Gasteiger partial charge in [0.15, 0.2) is 0 Å². The largest absolute Gasteiger partial charge is 0.465 e. The molecular weight excluding hydrogens is 298 g/mol. The zero-order valence-corrected chi connectivity index (χ0v) is 12.9. The summed E-state index contributed by atoms with van der Waals surface area (Å²) >= 11 is 0.992. The van der Waals surface area contributed by atoms with Gasteiger partial charge >= 0.3 is 5.97 Å². The van der Waals surface area contributed by atoms with Crippen LogP contribution in [0.5, 0.6) is 0 Å². The van der Waals surface area contributed by atoms with Crippen LogP contribution in [0.25, 0.3) is 17.0 Å². The summed E-state index contributed by atoms with van der Waals surface area (Å²) in [5, 5.41) is 18.2. The van der Waals surface area contributed by atoms with Gasteiger partial charge in [-0.1, -0.05) is 30.0 Å². The molecule has 0 spiro atoms. The second-order valence-corrected chi connectivity index (χ2v) is 5.37. The molecule has 1 heterocycles. The monoisotopic (exact) mass is 313 g/mol. The van der Waals surface area contributed by atoms with Crippen LogP contribution in [0.2, 0.25) is 0 Å². The molecule has 0 amide bonds. The summed E-state index contributed by atoms with van der Waals surface area (Å²) in [5.41, 5.74) is 2.03. The molecule has 2 N–H and O–H groups in total. The minimum absolute atomic E-state index is 0.0274. The highest BCUT2D eigenvalue weighted by Crippen LogP contribution is 2.22. The van der Waals surface area contributed by atoms with E-state index in [1.54, 1.807) is 19.2 Å². The molecule has 0 fully saturated rings. The Morgan fingerprint density at radius 2 is 2.27 bits per heavy atom. The van der Waals surface area contributed by atoms with Crippen LogP contribution in [-0.2, 0) is 9.53 Å². The number of nitrogens with zero attached hydrogens (tertiary/aromatic N) is 1. The van der Waals surface area contributed by atoms with Crippen LogP contribution in [0.15, 0.2) is 36.0 Å². The fourth-order valence-electron chi connectivity index (χ4n) is 1.93. The number of carbonyl (C=O) groups is 1. The van der Waals surface area contributed by atoms with E-state index in [-0.39, 0.29) is 22.3 Å². The van der Waals surface area contributed by atoms with Crippen molar-refractivity contribution in [3.05, 3.63) is 41.6 Å². The first-order valence-corrected chi connectivity index (χ1v) is 7.69. The molecule has 2 rings (SSSR count). The Bertz CT molecular complexity index is 771. The van der Waals surface area contributed by atoms with E-state index in [1.807, 2.05) is 30.3 Å². The predicted octanol–water partition coefficient (Wildman–Crippen LogP) is 3.35. The van der Waals surface area contributed by atoms with Crippen molar-refractivity contribution in [3.63, 3.8) is 0 Å². The number of rotatable bonds is 5. The van der Waals surface area contributed by atoms with Crippen molar-refractivity contribution < 1.29 is 9.53 Å². The molecule has 0 aliphatic rings. The lowest BCUT2D eigenvalue weighted by Gasteiger charge is -2.02. The number of hydrogen-bond donors (Lipinski definition) is 2. The predicted molar refractivity (Wildman–Crippen MR) is 88.7 cm³/mol. The second kappa shape index (κ2) is 7.48. The minimum atomic E-state index is -0.387. The highest BCUT2D eigenvalue weighted by molar-refractivity contribution is 8.14. The summed E-state index contributed by atoms with van der Waals surface area (Å²) < 4.78 is 4.81. The van der Waals surface area contributed by atoms with Crippen molar-refractivity contribution in [2.45, 2.75) is 6.92 Å². The van der Waals surface area contributed by atoms with Crippen molar-refractivity contribution in [1.82, 2.24) is 4.98 Å². The zero-order valence-electron chi connectivity index (χ0n) is 12.1. The van der Waals surface area contributed by atoms with E-state index in [4.69, 9.17) is 10.1 Å². The number of hydrogen-bond acceptors (Lipinski definition) is 5. The van der Waals surface area contributed by atoms with Gasteiger partial charge in [0.05, 0.1) is 17.9 Å². The van der Waals surface area contributed by atoms with E-state index < -0.39 is 0 Å². The van der Waals surface area contributed by atoms with Gasteiger partial charge in [-0.3, -0.25) is 10.2 Å². The molecule has 6 heteroatoms. The molecular formula is C16H15N3O2S. The maximum Gasteiger partial charge on any atom is 0.316 e. The maximum atomic E-state index is 11.3. The third-order valence-corrected chi connectivity index (χ3v) is 3.81. The van der Waals surface area contributed by atoms with Crippen LogP contribution in [0, 0.1) is 16.7 Å². The highest BCUT2D eigenvalue weighted by atomic mass is 32.2. The third kappa shape index (κ3) is 3.77. The number of nitrogens with one attached hydrogen (secondary N) is 2. The number of carbonyl (C=O) groups excluding carboxylic acids is 1. The van der Waals surface area contributed by atoms with Crippen LogP contribution in [-0.4, -0.2) is 28.4 Å². The summed E-state index contributed by atoms with van der Waals surface area (Å²) in [6.07, 6.45) is 3.45. The highest BCUT2D eigenvalue weighted by Gasteiger charge is 2.11. The topological polar surface area (TPSA) is 89.7 Å². The summed E-state index contributed by atoms with van der Waals surface area (Å²) in [6, 6.07) is 9.74. The van der Waals surface area contributed by atoms with E-state index in [9.17, 15) is 10.1 Å². The number of nitriles is 1. The Morgan fingerprint density at radius 3 is 3.00 bits per heavy atom. The molecule has 112 valence electrons. The normalized spacial score (nSPS) is 11.2. The van der Waals surface area contributed by atoms with Crippen LogP contribution in [0.1, 0.15) is 12.5 Å². The van der Waals surface area contributed by atoms with Gasteiger partial charge in [0.1, 0.15) is 11.1 Å². The molecule has 0 aliphatic carbocycles. The van der Waals surface area contributed by atoms with Crippen molar-refractivity contribution in [3.8, 4) is 6.07 Å². The van der Waals surface area contributed by atoms with Gasteiger partial charge in [-0.2, -0.15) is 5.26 Å². The van der Waals surface area contributed by atoms with E-state index >= 15 is 0 Å². The number of H-pyrrole nitrogens is 1. The molecule has 0 saturated heterocycles. The zero-order chi connectivity index (χ0) is 15.9. The number of aromatic nitrogens is 1. The van der Waals surface area contributed by atoms with Gasteiger partial charge in [0.25, 0.3) is 0 Å². The quantitative estimate of drug-likeness (QED) is 0.383. The Kier molecular flexibility index (Phi) is 5.39. The van der Waals surface area contributed by atoms with E-state index in [0.29, 0.717) is 6.61 Å². The summed E-state index contributed by atoms with van der Waals surface area (Å²) in [5.74, 6) is -0.360. The molecule has 2 aromatic rings. The minimum Gasteiger partial charge on any atom is -0.465 e. The van der Waals surface area contributed by atoms with Gasteiger partial charge in [-0.05, 0) is 19.1 Å². The summed E-state index contributed by atoms with van der Waals surface area (Å²) in [4.78, 5) is 14.4. The lowest BCUT2D eigenvalue weighted by molar-refractivity contribution is -0.139. The van der Waals surface area contributed by atoms with Crippen LogP contribution < -0.4 is 0 Å². The first-order chi connectivity index (χ1) is 10.7. The van der Waals surface area contributed by atoms with Crippen molar-refractivity contribution in [2.24, 2.45) is 0 Å². The van der Waals surface area contributed by atoms with Gasteiger partial charge in [0.2, 0.25) is 0 Å². The number of ether oxygens (including phenoxy) is 1. The van der Waals surface area contributed by atoms with Crippen molar-refractivity contribution in [2.75, 3.05) is 12.4 Å². The number of aromatic amines is 1. The molecule has 0 saturated carbocycles. The lowest BCUT2D eigenvalue weighted by atomic mass is 10.1. The molecule has 0 bridgehead atoms. The van der Waals surface area contributed by atoms with E-state index in [1.165, 1.54) is 0 Å². The van der Waals surface area contributed by atoms with Crippen LogP contribution >= 0.6 is 11.8 Å². The fraction of sp³-hybridized carbons (Fsp3) is 0.188. The number of para-hydroxylation sites is 1. The van der Waals surface area contributed by atoms with Crippen LogP contribution in [0.4, 0.5) is 0 Å². The average molecular weight is 313 g/mol. The molecule has 0 atom stereocenters. The SMILES string of the molecule is CCOC(=O)CSC(=N)C(C#N)=Cc1c[nH]c2ccccc12. The number of fused-ring (bicyclic) bond motifs is 1. The molecule has 0 radical (unpaired) electrons. The van der Waals surface area contributed by atoms with Gasteiger partial charge in [-0.25, -0.2) is 0 Å². The molecule has 1 aromatic heterocycles. The molecule has 0 unspecified atom stereocenters. The standard InChI is InChI=1S/C16H15N3O2S/c1-2-21-15(20)10-22-16(18)11(8-17)7-12-9-19-14-6-4-3-5-13(12)14/h3-7,9,18-19H,2,10H2,1H3. The van der Waals surface area contributed by atoms with Gasteiger partial charge < -0.3 is 9.72 Å². The first kappa shape index (κ1) is 15.9. The number of thioether (sulfide) groups is 1. The Labute approximate surface area is 132 Å². The van der Waals surface area contributed by atoms with E-state index in [2.05, 4.69) is 4.98 Å². The average Bonchev–Trinajstić information content (AvgIpc) is 2.93. The van der Waals surface area contributed by atoms with Crippen molar-refractivity contribution >= 4 is 39.8 Å². The number of benzene rings is 1. The Morgan fingerprint density at radius 1 is 1.50 bits per heavy atom. The van der Waals surface area contributed by atoms with Crippen molar-refractivity contribution in [1.29, 1.82) is 10.7 Å². The molecule has 0 aliphatic heterocycles. The van der Waals surface area contributed by atoms with Gasteiger partial charge in [0, 0.05) is 22.7 Å². The number of esters is 1. The molecule has 1 aromatic carbocycles. The smallest absolute Gasteiger partial charge is 0.316 e. The van der Waals surface area contributed by atoms with Gasteiger partial charge in [-0.15, -0.1) is 0 Å². The second-order valence-electron chi connectivity index (χ2n) is 4.38. The summed E-state index contributed by atoms with van der Waals surface area (Å²) in [6.45, 7) is 2.04. The Balaban J connectivity index is 2.15. The maximum absolute atomic E-state index is 11.3.